The number of carbonyl (C=O) groups is 1. The van der Waals surface area contributed by atoms with E-state index in [9.17, 15) is 13.6 Å². The lowest BCUT2D eigenvalue weighted by molar-refractivity contribution is -0.116. The molecule has 0 fully saturated rings. The highest BCUT2D eigenvalue weighted by Crippen LogP contribution is 2.44. The van der Waals surface area contributed by atoms with E-state index in [0.29, 0.717) is 17.7 Å². The molecule has 0 spiro atoms. The molecule has 9 heteroatoms. The fraction of sp³-hybridized carbons (Fsp3) is 0.227. The van der Waals surface area contributed by atoms with Crippen molar-refractivity contribution in [3.63, 3.8) is 0 Å². The van der Waals surface area contributed by atoms with Crippen molar-refractivity contribution < 1.29 is 22.9 Å². The molecule has 1 aromatic heterocycles. The third-order valence-corrected chi connectivity index (χ3v) is 5.72. The minimum Gasteiger partial charge on any atom is -0.497 e. The van der Waals surface area contributed by atoms with Gasteiger partial charge < -0.3 is 15.4 Å². The summed E-state index contributed by atoms with van der Waals surface area (Å²) in [6.45, 7) is 0. The zero-order valence-electron chi connectivity index (χ0n) is 16.5. The number of ketones is 1. The van der Waals surface area contributed by atoms with Crippen molar-refractivity contribution >= 4 is 17.4 Å². The van der Waals surface area contributed by atoms with Crippen molar-refractivity contribution in [1.29, 1.82) is 0 Å². The molecule has 5 rings (SSSR count). The van der Waals surface area contributed by atoms with Gasteiger partial charge in [0.05, 0.1) is 13.2 Å². The lowest BCUT2D eigenvalue weighted by Gasteiger charge is -2.29. The standard InChI is InChI=1S/C22H18F2N4O3/c1-30-13-7-5-11(6-8-13)12-9-16-18(17(29)10-12)20(14-3-2-4-15(23)19(14)24)26-22-21(25-16)27-31-28-22/h2-8,12,20H,9-10H2,1H3,(H,25,27)(H,26,28)/t12-,20+/m0/s1. The Kier molecular flexibility index (Phi) is 4.65. The molecule has 158 valence electrons. The number of nitrogens with zero attached hydrogens (tertiary/aromatic N) is 2. The van der Waals surface area contributed by atoms with Gasteiger partial charge in [-0.05, 0) is 46.4 Å². The summed E-state index contributed by atoms with van der Waals surface area (Å²) in [6.07, 6.45) is 0.715. The highest BCUT2D eigenvalue weighted by atomic mass is 19.2. The van der Waals surface area contributed by atoms with Gasteiger partial charge in [0.1, 0.15) is 5.75 Å². The first-order chi connectivity index (χ1) is 15.0. The third kappa shape index (κ3) is 3.31. The maximum absolute atomic E-state index is 14.7. The lowest BCUT2D eigenvalue weighted by atomic mass is 9.78. The first-order valence-corrected chi connectivity index (χ1v) is 9.75. The van der Waals surface area contributed by atoms with Crippen LogP contribution in [-0.2, 0) is 4.79 Å². The van der Waals surface area contributed by atoms with Gasteiger partial charge in [0.25, 0.3) is 0 Å². The second kappa shape index (κ2) is 7.50. The van der Waals surface area contributed by atoms with Crippen LogP contribution in [0.25, 0.3) is 0 Å². The number of methoxy groups -OCH3 is 1. The van der Waals surface area contributed by atoms with E-state index in [-0.39, 0.29) is 35.3 Å². The average Bonchev–Trinajstić information content (AvgIpc) is 3.14. The molecule has 0 saturated carbocycles. The number of fused-ring (bicyclic) bond motifs is 1. The van der Waals surface area contributed by atoms with E-state index in [1.807, 2.05) is 24.3 Å². The van der Waals surface area contributed by atoms with Gasteiger partial charge in [0.15, 0.2) is 17.4 Å². The molecule has 2 N–H and O–H groups in total. The molecule has 0 unspecified atom stereocenters. The van der Waals surface area contributed by atoms with E-state index in [4.69, 9.17) is 9.37 Å². The van der Waals surface area contributed by atoms with E-state index >= 15 is 0 Å². The van der Waals surface area contributed by atoms with Gasteiger partial charge in [-0.25, -0.2) is 13.4 Å². The summed E-state index contributed by atoms with van der Waals surface area (Å²) in [6, 6.07) is 10.5. The number of hydrogen-bond donors (Lipinski definition) is 2. The molecule has 0 amide bonds. The maximum atomic E-state index is 14.7. The molecule has 2 atom stereocenters. The summed E-state index contributed by atoms with van der Waals surface area (Å²) in [4.78, 5) is 13.3. The summed E-state index contributed by atoms with van der Waals surface area (Å²) in [5, 5.41) is 13.7. The van der Waals surface area contributed by atoms with Crippen LogP contribution in [0, 0.1) is 11.6 Å². The zero-order chi connectivity index (χ0) is 21.5. The van der Waals surface area contributed by atoms with Crippen LogP contribution in [-0.4, -0.2) is 23.2 Å². The lowest BCUT2D eigenvalue weighted by Crippen LogP contribution is -2.27. The fourth-order valence-corrected chi connectivity index (χ4v) is 4.19. The molecule has 2 heterocycles. The van der Waals surface area contributed by atoms with Crippen LogP contribution in [0.1, 0.15) is 35.9 Å². The minimum absolute atomic E-state index is 0.0152. The number of anilines is 2. The van der Waals surface area contributed by atoms with Crippen molar-refractivity contribution in [3.05, 3.63) is 76.5 Å². The third-order valence-electron chi connectivity index (χ3n) is 5.72. The van der Waals surface area contributed by atoms with E-state index in [0.717, 1.165) is 17.4 Å². The van der Waals surface area contributed by atoms with Crippen molar-refractivity contribution in [2.75, 3.05) is 17.7 Å². The van der Waals surface area contributed by atoms with Crippen LogP contribution < -0.4 is 15.4 Å². The zero-order valence-corrected chi connectivity index (χ0v) is 16.5. The normalized spacial score (nSPS) is 20.3. The number of carbonyl (C=O) groups excluding carboxylic acids is 1. The predicted molar refractivity (Wildman–Crippen MR) is 108 cm³/mol. The SMILES string of the molecule is COc1ccc([C@@H]2CC(=O)C3=C(C2)Nc2nonc2N[C@@H]3c2cccc(F)c2F)cc1. The Morgan fingerprint density at radius 3 is 2.61 bits per heavy atom. The number of allylic oxidation sites excluding steroid dienone is 1. The number of hydrogen-bond acceptors (Lipinski definition) is 7. The molecule has 2 aromatic carbocycles. The second-order valence-corrected chi connectivity index (χ2v) is 7.50. The molecule has 1 aliphatic heterocycles. The summed E-state index contributed by atoms with van der Waals surface area (Å²) in [5.41, 5.74) is 1.91. The van der Waals surface area contributed by atoms with Gasteiger partial charge in [-0.15, -0.1) is 0 Å². The summed E-state index contributed by atoms with van der Waals surface area (Å²) in [7, 11) is 1.59. The molecule has 0 saturated heterocycles. The van der Waals surface area contributed by atoms with Gasteiger partial charge in [-0.1, -0.05) is 24.3 Å². The Morgan fingerprint density at radius 2 is 1.84 bits per heavy atom. The Hall–Kier alpha value is -3.75. The van der Waals surface area contributed by atoms with Crippen LogP contribution in [0.4, 0.5) is 20.4 Å². The van der Waals surface area contributed by atoms with E-state index < -0.39 is 17.7 Å². The van der Waals surface area contributed by atoms with Crippen LogP contribution >= 0.6 is 0 Å². The molecule has 0 radical (unpaired) electrons. The number of rotatable bonds is 3. The summed E-state index contributed by atoms with van der Waals surface area (Å²) >= 11 is 0. The topological polar surface area (TPSA) is 89.3 Å². The molecular formula is C22H18F2N4O3. The highest BCUT2D eigenvalue weighted by Gasteiger charge is 2.38. The molecule has 7 nitrogen and oxygen atoms in total. The van der Waals surface area contributed by atoms with Gasteiger partial charge in [-0.3, -0.25) is 4.79 Å². The molecule has 31 heavy (non-hydrogen) atoms. The number of benzene rings is 2. The van der Waals surface area contributed by atoms with E-state index in [1.165, 1.54) is 12.1 Å². The minimum atomic E-state index is -1.02. The number of Topliss-reactive ketones (excluding diaryl/α,β-unsaturated/α-hetero) is 1. The van der Waals surface area contributed by atoms with Gasteiger partial charge in [-0.2, -0.15) is 0 Å². The highest BCUT2D eigenvalue weighted by molar-refractivity contribution is 6.00. The monoisotopic (exact) mass is 424 g/mol. The van der Waals surface area contributed by atoms with Gasteiger partial charge in [0, 0.05) is 23.3 Å². The largest absolute Gasteiger partial charge is 0.497 e. The summed E-state index contributed by atoms with van der Waals surface area (Å²) in [5.74, 6) is -1.04. The molecular weight excluding hydrogens is 406 g/mol. The van der Waals surface area contributed by atoms with Crippen molar-refractivity contribution in [2.45, 2.75) is 24.8 Å². The van der Waals surface area contributed by atoms with Crippen molar-refractivity contribution in [3.8, 4) is 5.75 Å². The van der Waals surface area contributed by atoms with Gasteiger partial charge in [0.2, 0.25) is 11.6 Å². The molecule has 1 aliphatic carbocycles. The Labute approximate surface area is 176 Å². The number of nitrogens with one attached hydrogen (secondary N) is 2. The predicted octanol–water partition coefficient (Wildman–Crippen LogP) is 4.34. The summed E-state index contributed by atoms with van der Waals surface area (Å²) < 4.78 is 38.6. The van der Waals surface area contributed by atoms with E-state index in [2.05, 4.69) is 20.9 Å². The molecule has 3 aromatic rings. The molecule has 0 bridgehead atoms. The number of aromatic nitrogens is 2. The first kappa shape index (κ1) is 19.2. The van der Waals surface area contributed by atoms with Crippen molar-refractivity contribution in [1.82, 2.24) is 10.3 Å². The van der Waals surface area contributed by atoms with E-state index in [1.54, 1.807) is 7.11 Å². The van der Waals surface area contributed by atoms with Crippen LogP contribution in [0.2, 0.25) is 0 Å². The average molecular weight is 424 g/mol. The quantitative estimate of drug-likeness (QED) is 0.647. The van der Waals surface area contributed by atoms with Crippen molar-refractivity contribution in [2.24, 2.45) is 0 Å². The molecule has 2 aliphatic rings. The number of ether oxygens (including phenoxy) is 1. The van der Waals surface area contributed by atoms with Gasteiger partial charge >= 0.3 is 0 Å². The first-order valence-electron chi connectivity index (χ1n) is 9.75. The van der Waals surface area contributed by atoms with Crippen LogP contribution in [0.15, 0.2) is 58.4 Å². The Bertz CT molecular complexity index is 1190. The Morgan fingerprint density at radius 1 is 1.06 bits per heavy atom. The number of halogens is 2. The Balaban J connectivity index is 1.59. The van der Waals surface area contributed by atoms with Crippen LogP contribution in [0.3, 0.4) is 0 Å². The van der Waals surface area contributed by atoms with Crippen LogP contribution in [0.5, 0.6) is 5.75 Å². The fourth-order valence-electron chi connectivity index (χ4n) is 4.19. The second-order valence-electron chi connectivity index (χ2n) is 7.50. The maximum Gasteiger partial charge on any atom is 0.219 e. The smallest absolute Gasteiger partial charge is 0.219 e.